The molecule has 3 rings (SSSR count). The first-order valence-electron chi connectivity index (χ1n) is 7.49. The molecule has 0 radical (unpaired) electrons. The van der Waals surface area contributed by atoms with Crippen molar-refractivity contribution in [3.8, 4) is 11.5 Å². The largest absolute Gasteiger partial charge is 0.454 e. The van der Waals surface area contributed by atoms with Crippen LogP contribution in [0.3, 0.4) is 0 Å². The van der Waals surface area contributed by atoms with E-state index in [0.29, 0.717) is 12.3 Å². The molecule has 7 heteroatoms. The Labute approximate surface area is 129 Å². The summed E-state index contributed by atoms with van der Waals surface area (Å²) in [5, 5.41) is 2.89. The summed E-state index contributed by atoms with van der Waals surface area (Å²) < 4.78 is 10.6. The third-order valence-electron chi connectivity index (χ3n) is 4.31. The highest BCUT2D eigenvalue weighted by Crippen LogP contribution is 2.32. The highest BCUT2D eigenvalue weighted by molar-refractivity contribution is 5.82. The van der Waals surface area contributed by atoms with Crippen LogP contribution in [0.2, 0.25) is 0 Å². The molecule has 22 heavy (non-hydrogen) atoms. The fourth-order valence-corrected chi connectivity index (χ4v) is 3.04. The van der Waals surface area contributed by atoms with Crippen LogP contribution in [0.4, 0.5) is 0 Å². The lowest BCUT2D eigenvalue weighted by atomic mass is 9.88. The lowest BCUT2D eigenvalue weighted by Crippen LogP contribution is -2.50. The Balaban J connectivity index is 1.58. The van der Waals surface area contributed by atoms with E-state index in [2.05, 4.69) is 16.2 Å². The molecule has 2 aliphatic heterocycles. The molecule has 7 nitrogen and oxygen atoms in total. The number of benzene rings is 1. The summed E-state index contributed by atoms with van der Waals surface area (Å²) in [5.74, 6) is 1.35. The minimum absolute atomic E-state index is 0.0525. The molecule has 0 aromatic heterocycles. The van der Waals surface area contributed by atoms with Crippen molar-refractivity contribution in [2.75, 3.05) is 6.79 Å². The van der Waals surface area contributed by atoms with Crippen molar-refractivity contribution in [3.63, 3.8) is 0 Å². The van der Waals surface area contributed by atoms with Crippen molar-refractivity contribution >= 4 is 5.91 Å². The normalized spacial score (nSPS) is 27.7. The quantitative estimate of drug-likeness (QED) is 0.618. The molecule has 0 saturated carbocycles. The topological polar surface area (TPSA) is 97.6 Å². The van der Waals surface area contributed by atoms with Gasteiger partial charge in [-0.1, -0.05) is 6.07 Å². The SMILES string of the molecule is CC1NNC(C)C1C(N)C(=O)NCc1ccc2c(c1)OCO2. The molecule has 0 aliphatic carbocycles. The Bertz CT molecular complexity index is 556. The van der Waals surface area contributed by atoms with Gasteiger partial charge in [-0.05, 0) is 31.5 Å². The van der Waals surface area contributed by atoms with Crippen LogP contribution in [0.1, 0.15) is 19.4 Å². The summed E-state index contributed by atoms with van der Waals surface area (Å²) in [5.41, 5.74) is 13.3. The van der Waals surface area contributed by atoms with Crippen molar-refractivity contribution in [2.24, 2.45) is 11.7 Å². The first-order valence-corrected chi connectivity index (χ1v) is 7.49. The lowest BCUT2D eigenvalue weighted by Gasteiger charge is -2.24. The molecule has 2 aliphatic rings. The molecule has 1 amide bonds. The van der Waals surface area contributed by atoms with Gasteiger partial charge in [-0.25, -0.2) is 0 Å². The van der Waals surface area contributed by atoms with Crippen molar-refractivity contribution in [3.05, 3.63) is 23.8 Å². The molecule has 5 N–H and O–H groups in total. The predicted octanol–water partition coefficient (Wildman–Crippen LogP) is -0.140. The van der Waals surface area contributed by atoms with Gasteiger partial charge in [-0.15, -0.1) is 0 Å². The van der Waals surface area contributed by atoms with Crippen LogP contribution in [0.15, 0.2) is 18.2 Å². The van der Waals surface area contributed by atoms with E-state index in [9.17, 15) is 4.79 Å². The molecule has 1 saturated heterocycles. The molecule has 0 spiro atoms. The molecule has 2 heterocycles. The molecular formula is C15H22N4O3. The van der Waals surface area contributed by atoms with Gasteiger partial charge in [-0.3, -0.25) is 15.6 Å². The number of nitrogens with two attached hydrogens (primary N) is 1. The average Bonchev–Trinajstić information content (AvgIpc) is 3.10. The van der Waals surface area contributed by atoms with E-state index in [4.69, 9.17) is 15.2 Å². The number of rotatable bonds is 4. The fraction of sp³-hybridized carbons (Fsp3) is 0.533. The molecule has 1 fully saturated rings. The summed E-state index contributed by atoms with van der Waals surface area (Å²) in [4.78, 5) is 12.3. The predicted molar refractivity (Wildman–Crippen MR) is 81.1 cm³/mol. The maximum Gasteiger partial charge on any atom is 0.237 e. The Morgan fingerprint density at radius 1 is 1.32 bits per heavy atom. The molecular weight excluding hydrogens is 284 g/mol. The smallest absolute Gasteiger partial charge is 0.237 e. The number of amides is 1. The van der Waals surface area contributed by atoms with E-state index in [1.165, 1.54) is 0 Å². The molecule has 3 unspecified atom stereocenters. The summed E-state index contributed by atoms with van der Waals surface area (Å²) in [6.45, 7) is 4.70. The standard InChI is InChI=1S/C15H22N4O3/c1-8-13(9(2)19-18-8)14(16)15(20)17-6-10-3-4-11-12(5-10)22-7-21-11/h3-5,8-9,13-14,18-19H,6-7,16H2,1-2H3,(H,17,20). The van der Waals surface area contributed by atoms with Gasteiger partial charge in [-0.2, -0.15) is 0 Å². The minimum Gasteiger partial charge on any atom is -0.454 e. The lowest BCUT2D eigenvalue weighted by molar-refractivity contribution is -0.123. The molecule has 1 aromatic carbocycles. The van der Waals surface area contributed by atoms with Gasteiger partial charge >= 0.3 is 0 Å². The second-order valence-electron chi connectivity index (χ2n) is 5.87. The zero-order chi connectivity index (χ0) is 15.7. The first-order chi connectivity index (χ1) is 10.6. The van der Waals surface area contributed by atoms with E-state index < -0.39 is 6.04 Å². The van der Waals surface area contributed by atoms with Crippen molar-refractivity contribution in [1.29, 1.82) is 0 Å². The van der Waals surface area contributed by atoms with Crippen molar-refractivity contribution in [2.45, 2.75) is 38.5 Å². The number of carbonyl (C=O) groups excluding carboxylic acids is 1. The number of fused-ring (bicyclic) bond motifs is 1. The third-order valence-corrected chi connectivity index (χ3v) is 4.31. The summed E-state index contributed by atoms with van der Waals surface area (Å²) in [7, 11) is 0. The first kappa shape index (κ1) is 15.1. The van der Waals surface area contributed by atoms with Crippen molar-refractivity contribution < 1.29 is 14.3 Å². The zero-order valence-electron chi connectivity index (χ0n) is 12.8. The molecule has 3 atom stereocenters. The van der Waals surface area contributed by atoms with Crippen LogP contribution < -0.4 is 31.4 Å². The van der Waals surface area contributed by atoms with Gasteiger partial charge < -0.3 is 20.5 Å². The summed E-state index contributed by atoms with van der Waals surface area (Å²) in [6.07, 6.45) is 0. The Morgan fingerprint density at radius 2 is 2.00 bits per heavy atom. The van der Waals surface area contributed by atoms with Crippen LogP contribution in [0.5, 0.6) is 11.5 Å². The molecule has 0 bridgehead atoms. The maximum atomic E-state index is 12.3. The zero-order valence-corrected chi connectivity index (χ0v) is 12.8. The van der Waals surface area contributed by atoms with Crippen LogP contribution >= 0.6 is 0 Å². The van der Waals surface area contributed by atoms with E-state index in [1.54, 1.807) is 0 Å². The fourth-order valence-electron chi connectivity index (χ4n) is 3.04. The van der Waals surface area contributed by atoms with E-state index >= 15 is 0 Å². The van der Waals surface area contributed by atoms with E-state index in [-0.39, 0.29) is 30.7 Å². The number of hydrogen-bond donors (Lipinski definition) is 4. The number of nitrogens with one attached hydrogen (secondary N) is 3. The van der Waals surface area contributed by atoms with Gasteiger partial charge in [0.15, 0.2) is 11.5 Å². The Morgan fingerprint density at radius 3 is 2.73 bits per heavy atom. The number of hydrogen-bond acceptors (Lipinski definition) is 6. The minimum atomic E-state index is -0.554. The Hall–Kier alpha value is -1.83. The van der Waals surface area contributed by atoms with Crippen LogP contribution in [0, 0.1) is 5.92 Å². The number of hydrazine groups is 1. The van der Waals surface area contributed by atoms with Crippen LogP contribution in [-0.4, -0.2) is 30.8 Å². The van der Waals surface area contributed by atoms with E-state index in [1.807, 2.05) is 32.0 Å². The number of carbonyl (C=O) groups is 1. The van der Waals surface area contributed by atoms with Crippen molar-refractivity contribution in [1.82, 2.24) is 16.2 Å². The highest BCUT2D eigenvalue weighted by Gasteiger charge is 2.37. The molecule has 1 aromatic rings. The summed E-state index contributed by atoms with van der Waals surface area (Å²) >= 11 is 0. The molecule has 120 valence electrons. The van der Waals surface area contributed by atoms with Gasteiger partial charge in [0.25, 0.3) is 0 Å². The van der Waals surface area contributed by atoms with Gasteiger partial charge in [0.05, 0.1) is 6.04 Å². The highest BCUT2D eigenvalue weighted by atomic mass is 16.7. The Kier molecular flexibility index (Phi) is 4.19. The maximum absolute atomic E-state index is 12.3. The van der Waals surface area contributed by atoms with Gasteiger partial charge in [0, 0.05) is 24.5 Å². The van der Waals surface area contributed by atoms with Crippen LogP contribution in [0.25, 0.3) is 0 Å². The van der Waals surface area contributed by atoms with E-state index in [0.717, 1.165) is 11.3 Å². The van der Waals surface area contributed by atoms with Crippen LogP contribution in [-0.2, 0) is 11.3 Å². The second kappa shape index (κ2) is 6.12. The summed E-state index contributed by atoms with van der Waals surface area (Å²) in [6, 6.07) is 5.38. The third kappa shape index (κ3) is 2.87. The second-order valence-corrected chi connectivity index (χ2v) is 5.87. The van der Waals surface area contributed by atoms with Gasteiger partial charge in [0.2, 0.25) is 12.7 Å². The average molecular weight is 306 g/mol. The van der Waals surface area contributed by atoms with Gasteiger partial charge in [0.1, 0.15) is 0 Å². The number of ether oxygens (including phenoxy) is 2. The monoisotopic (exact) mass is 306 g/mol.